The summed E-state index contributed by atoms with van der Waals surface area (Å²) in [6, 6.07) is 14.4. The molecule has 12 heteroatoms. The van der Waals surface area contributed by atoms with E-state index >= 15 is 0 Å². The zero-order valence-electron chi connectivity index (χ0n) is 20.3. The van der Waals surface area contributed by atoms with Crippen LogP contribution < -0.4 is 24.3 Å². The summed E-state index contributed by atoms with van der Waals surface area (Å²) in [6.45, 7) is 0. The topological polar surface area (TPSA) is 150 Å². The van der Waals surface area contributed by atoms with Crippen LogP contribution in [0.4, 0.5) is 11.4 Å². The Morgan fingerprint density at radius 1 is 1.00 bits per heavy atom. The minimum atomic E-state index is -0.851. The smallest absolute Gasteiger partial charge is 0.343 e. The van der Waals surface area contributed by atoms with Crippen molar-refractivity contribution in [2.75, 3.05) is 26.6 Å². The first-order valence-electron chi connectivity index (χ1n) is 10.7. The number of carbonyl (C=O) groups is 2. The van der Waals surface area contributed by atoms with Gasteiger partial charge in [0.2, 0.25) is 0 Å². The number of amides is 1. The number of nitrogens with zero attached hydrogens (tertiary/aromatic N) is 2. The highest BCUT2D eigenvalue weighted by Crippen LogP contribution is 2.38. The number of rotatable bonds is 9. The lowest BCUT2D eigenvalue weighted by Crippen LogP contribution is -2.14. The van der Waals surface area contributed by atoms with Gasteiger partial charge in [-0.25, -0.2) is 4.79 Å². The molecule has 0 atom stereocenters. The molecule has 194 valence electrons. The number of hydrogen-bond acceptors (Lipinski definition) is 9. The van der Waals surface area contributed by atoms with E-state index in [2.05, 4.69) is 5.32 Å². The Morgan fingerprint density at radius 3 is 2.26 bits per heavy atom. The number of halogens is 1. The number of nitriles is 1. The standard InChI is InChI=1S/C26H20ClN3O8/c1-35-19-7-4-16(5-8-19)26(32)38-24-20(27)11-15(12-23(24)37-3)10-17(14-28)25(31)29-21-13-18(30(33)34)6-9-22(21)36-2/h4-13H,1-3H3,(H,29,31)/b17-10+. The van der Waals surface area contributed by atoms with Gasteiger partial charge in [0.1, 0.15) is 23.1 Å². The van der Waals surface area contributed by atoms with Gasteiger partial charge in [0.25, 0.3) is 11.6 Å². The average molecular weight is 538 g/mol. The van der Waals surface area contributed by atoms with Crippen molar-refractivity contribution in [1.82, 2.24) is 0 Å². The van der Waals surface area contributed by atoms with E-state index in [1.54, 1.807) is 18.2 Å². The first kappa shape index (κ1) is 27.5. The van der Waals surface area contributed by atoms with Crippen molar-refractivity contribution in [3.05, 3.63) is 86.4 Å². The number of nitro benzene ring substituents is 1. The fourth-order valence-corrected chi connectivity index (χ4v) is 3.47. The molecule has 1 amide bonds. The van der Waals surface area contributed by atoms with Crippen LogP contribution in [0.25, 0.3) is 6.08 Å². The third-order valence-electron chi connectivity index (χ3n) is 5.09. The van der Waals surface area contributed by atoms with Gasteiger partial charge in [0, 0.05) is 12.1 Å². The molecule has 0 aliphatic rings. The number of nitrogens with one attached hydrogen (secondary N) is 1. The van der Waals surface area contributed by atoms with Crippen LogP contribution in [0.15, 0.2) is 60.2 Å². The van der Waals surface area contributed by atoms with Gasteiger partial charge < -0.3 is 24.3 Å². The molecule has 0 aliphatic heterocycles. The maximum absolute atomic E-state index is 12.8. The van der Waals surface area contributed by atoms with E-state index in [1.807, 2.05) is 0 Å². The predicted molar refractivity (Wildman–Crippen MR) is 138 cm³/mol. The lowest BCUT2D eigenvalue weighted by Gasteiger charge is -2.13. The maximum atomic E-state index is 12.8. The molecule has 3 aromatic rings. The minimum Gasteiger partial charge on any atom is -0.497 e. The van der Waals surface area contributed by atoms with Crippen LogP contribution in [0, 0.1) is 21.4 Å². The largest absolute Gasteiger partial charge is 0.497 e. The van der Waals surface area contributed by atoms with Crippen LogP contribution in [-0.2, 0) is 4.79 Å². The second kappa shape index (κ2) is 12.2. The summed E-state index contributed by atoms with van der Waals surface area (Å²) in [7, 11) is 4.16. The summed E-state index contributed by atoms with van der Waals surface area (Å²) in [6.07, 6.45) is 1.22. The van der Waals surface area contributed by atoms with Crippen molar-refractivity contribution in [1.29, 1.82) is 5.26 Å². The third-order valence-corrected chi connectivity index (χ3v) is 5.37. The second-order valence-corrected chi connectivity index (χ2v) is 7.82. The molecular weight excluding hydrogens is 518 g/mol. The Labute approximate surface area is 221 Å². The highest BCUT2D eigenvalue weighted by molar-refractivity contribution is 6.32. The van der Waals surface area contributed by atoms with E-state index in [0.29, 0.717) is 5.75 Å². The lowest BCUT2D eigenvalue weighted by atomic mass is 10.1. The summed E-state index contributed by atoms with van der Waals surface area (Å²) in [5.74, 6) is -0.806. The molecule has 0 radical (unpaired) electrons. The molecule has 3 aromatic carbocycles. The summed E-state index contributed by atoms with van der Waals surface area (Å²) in [5.41, 5.74) is -0.0921. The number of carbonyl (C=O) groups excluding carboxylic acids is 2. The predicted octanol–water partition coefficient (Wildman–Crippen LogP) is 5.04. The van der Waals surface area contributed by atoms with E-state index in [0.717, 1.165) is 6.07 Å². The zero-order valence-corrected chi connectivity index (χ0v) is 21.1. The van der Waals surface area contributed by atoms with Crippen molar-refractivity contribution >= 4 is 40.9 Å². The lowest BCUT2D eigenvalue weighted by molar-refractivity contribution is -0.384. The fraction of sp³-hybridized carbons (Fsp3) is 0.115. The Hall–Kier alpha value is -5.08. The number of ether oxygens (including phenoxy) is 4. The first-order chi connectivity index (χ1) is 18.2. The number of benzene rings is 3. The number of non-ortho nitro benzene ring substituents is 1. The number of esters is 1. The number of nitro groups is 1. The Bertz CT molecular complexity index is 1460. The zero-order chi connectivity index (χ0) is 27.8. The Morgan fingerprint density at radius 2 is 1.68 bits per heavy atom. The quantitative estimate of drug-likeness (QED) is 0.0988. The number of hydrogen-bond donors (Lipinski definition) is 1. The molecule has 38 heavy (non-hydrogen) atoms. The molecule has 0 unspecified atom stereocenters. The van der Waals surface area contributed by atoms with E-state index in [1.165, 1.54) is 63.8 Å². The van der Waals surface area contributed by atoms with Gasteiger partial charge in [-0.1, -0.05) is 11.6 Å². The highest BCUT2D eigenvalue weighted by atomic mass is 35.5. The van der Waals surface area contributed by atoms with Gasteiger partial charge in [-0.3, -0.25) is 14.9 Å². The van der Waals surface area contributed by atoms with Gasteiger partial charge in [-0.05, 0) is 54.1 Å². The molecule has 0 fully saturated rings. The number of methoxy groups -OCH3 is 3. The van der Waals surface area contributed by atoms with Crippen molar-refractivity contribution in [2.45, 2.75) is 0 Å². The van der Waals surface area contributed by atoms with Gasteiger partial charge in [-0.15, -0.1) is 0 Å². The Kier molecular flexibility index (Phi) is 8.86. The molecule has 11 nitrogen and oxygen atoms in total. The summed E-state index contributed by atoms with van der Waals surface area (Å²) >= 11 is 6.34. The average Bonchev–Trinajstić information content (AvgIpc) is 2.92. The third kappa shape index (κ3) is 6.37. The van der Waals surface area contributed by atoms with Gasteiger partial charge in [0.15, 0.2) is 11.5 Å². The summed E-state index contributed by atoms with van der Waals surface area (Å²) in [5, 5.41) is 23.1. The molecule has 0 heterocycles. The minimum absolute atomic E-state index is 0.00394. The van der Waals surface area contributed by atoms with Crippen LogP contribution >= 0.6 is 11.6 Å². The summed E-state index contributed by atoms with van der Waals surface area (Å²) < 4.78 is 20.9. The van der Waals surface area contributed by atoms with Crippen LogP contribution in [-0.4, -0.2) is 38.1 Å². The molecule has 0 bridgehead atoms. The van der Waals surface area contributed by atoms with Crippen molar-refractivity contribution in [3.8, 4) is 29.1 Å². The molecule has 0 spiro atoms. The molecule has 0 saturated carbocycles. The van der Waals surface area contributed by atoms with Crippen LogP contribution in [0.3, 0.4) is 0 Å². The van der Waals surface area contributed by atoms with Crippen LogP contribution in [0.1, 0.15) is 15.9 Å². The fourth-order valence-electron chi connectivity index (χ4n) is 3.21. The van der Waals surface area contributed by atoms with Gasteiger partial charge in [-0.2, -0.15) is 5.26 Å². The number of anilines is 1. The SMILES string of the molecule is COc1ccc(C(=O)Oc2c(Cl)cc(/C=C(\C#N)C(=O)Nc3cc([N+](=O)[O-])ccc3OC)cc2OC)cc1. The molecule has 3 rings (SSSR count). The molecule has 0 aliphatic carbocycles. The van der Waals surface area contributed by atoms with Crippen LogP contribution in [0.2, 0.25) is 5.02 Å². The van der Waals surface area contributed by atoms with Gasteiger partial charge in [0.05, 0.1) is 42.5 Å². The molecular formula is C26H20ClN3O8. The van der Waals surface area contributed by atoms with E-state index < -0.39 is 16.8 Å². The van der Waals surface area contributed by atoms with E-state index in [4.69, 9.17) is 30.5 Å². The molecule has 1 N–H and O–H groups in total. The Balaban J connectivity index is 1.88. The maximum Gasteiger partial charge on any atom is 0.343 e. The summed E-state index contributed by atoms with van der Waals surface area (Å²) in [4.78, 5) is 35.8. The normalized spacial score (nSPS) is 10.7. The van der Waals surface area contributed by atoms with Crippen molar-refractivity contribution < 1.29 is 33.5 Å². The van der Waals surface area contributed by atoms with Crippen molar-refractivity contribution in [2.24, 2.45) is 0 Å². The monoisotopic (exact) mass is 537 g/mol. The first-order valence-corrected chi connectivity index (χ1v) is 11.1. The molecule has 0 saturated heterocycles. The van der Waals surface area contributed by atoms with E-state index in [-0.39, 0.29) is 50.3 Å². The highest BCUT2D eigenvalue weighted by Gasteiger charge is 2.19. The molecule has 0 aromatic heterocycles. The van der Waals surface area contributed by atoms with Crippen LogP contribution in [0.5, 0.6) is 23.0 Å². The van der Waals surface area contributed by atoms with Gasteiger partial charge >= 0.3 is 5.97 Å². The van der Waals surface area contributed by atoms with E-state index in [9.17, 15) is 25.0 Å². The van der Waals surface area contributed by atoms with Crippen molar-refractivity contribution in [3.63, 3.8) is 0 Å². The second-order valence-electron chi connectivity index (χ2n) is 7.42.